The van der Waals surface area contributed by atoms with E-state index in [-0.39, 0.29) is 43.1 Å². The Morgan fingerprint density at radius 2 is 1.18 bits per heavy atom. The van der Waals surface area contributed by atoms with E-state index >= 15 is 0 Å². The van der Waals surface area contributed by atoms with Crippen LogP contribution in [0.25, 0.3) is 94.7 Å². The second kappa shape index (κ2) is 18.1. The zero-order chi connectivity index (χ0) is 48.5. The average Bonchev–Trinajstić information content (AvgIpc) is 3.95. The van der Waals surface area contributed by atoms with Crippen molar-refractivity contribution in [3.05, 3.63) is 217 Å². The summed E-state index contributed by atoms with van der Waals surface area (Å²) in [6.45, 7) is 18.0. The van der Waals surface area contributed by atoms with Gasteiger partial charge in [0, 0.05) is 54.7 Å². The zero-order valence-corrected chi connectivity index (χ0v) is 43.7. The number of imidazole rings is 1. The van der Waals surface area contributed by atoms with Gasteiger partial charge in [-0.1, -0.05) is 194 Å². The van der Waals surface area contributed by atoms with Gasteiger partial charge in [-0.3, -0.25) is 9.55 Å². The molecule has 0 amide bonds. The maximum absolute atomic E-state index is 12.1. The predicted octanol–water partition coefficient (Wildman–Crippen LogP) is 17.1. The quantitative estimate of drug-likeness (QED) is 0.154. The number of phenols is 1. The van der Waals surface area contributed by atoms with Gasteiger partial charge in [-0.25, -0.2) is 4.98 Å². The van der Waals surface area contributed by atoms with Crippen LogP contribution in [0.3, 0.4) is 0 Å². The van der Waals surface area contributed by atoms with Crippen LogP contribution in [-0.2, 0) is 37.3 Å². The summed E-state index contributed by atoms with van der Waals surface area (Å²) >= 11 is 0. The van der Waals surface area contributed by atoms with Crippen LogP contribution >= 0.6 is 0 Å². The van der Waals surface area contributed by atoms with Gasteiger partial charge < -0.3 is 9.52 Å². The molecule has 0 aliphatic carbocycles. The third-order valence-electron chi connectivity index (χ3n) is 14.1. The van der Waals surface area contributed by atoms with E-state index in [1.54, 1.807) is 6.07 Å². The number of pyridine rings is 1. The molecule has 0 radical (unpaired) electrons. The van der Waals surface area contributed by atoms with Crippen molar-refractivity contribution in [2.45, 2.75) is 71.6 Å². The standard InChI is InChI=1S/C65H56N3O2.Pt/c1-63(2,3)48-30-32-55(53(40-48)42-18-11-9-12-19-42)68-56-24-17-23-50(60(56)67-62(68)59-57(69)33-31-52-51-22-15-16-25-58(51)70-61(52)59)44-36-45(38-49(37-44)64(4,5)6)54-39-43(34-35-66-54)41-26-28-47(29-27-41)65(7,8)46-20-13-10-14-21-46;/h9-35,37-40,69H,1-8H3;/q-1;. The van der Waals surface area contributed by atoms with Crippen molar-refractivity contribution in [2.75, 3.05) is 0 Å². The normalized spacial score (nSPS) is 12.2. The molecule has 1 N–H and O–H groups in total. The smallest absolute Gasteiger partial charge is 0.152 e. The first-order chi connectivity index (χ1) is 33.6. The van der Waals surface area contributed by atoms with E-state index in [0.717, 1.165) is 83.3 Å². The van der Waals surface area contributed by atoms with Crippen molar-refractivity contribution in [1.29, 1.82) is 0 Å². The van der Waals surface area contributed by atoms with Crippen molar-refractivity contribution in [3.63, 3.8) is 0 Å². The summed E-state index contributed by atoms with van der Waals surface area (Å²) < 4.78 is 8.88. The molecule has 0 saturated heterocycles. The van der Waals surface area contributed by atoms with E-state index in [9.17, 15) is 5.11 Å². The number of phenolic OH excluding ortho intramolecular Hbond substituents is 1. The fraction of sp³-hybridized carbons (Fsp3) is 0.169. The molecule has 0 bridgehead atoms. The number of aromatic nitrogens is 3. The number of nitrogens with zero attached hydrogens (tertiary/aromatic N) is 3. The molecule has 0 saturated carbocycles. The molecular weight excluding hydrogens is 1050 g/mol. The summed E-state index contributed by atoms with van der Waals surface area (Å²) in [6, 6.07) is 67.6. The first kappa shape index (κ1) is 47.4. The van der Waals surface area contributed by atoms with Gasteiger partial charge in [-0.05, 0) is 86.7 Å². The zero-order valence-electron chi connectivity index (χ0n) is 41.4. The van der Waals surface area contributed by atoms with Crippen LogP contribution in [0.15, 0.2) is 193 Å². The monoisotopic (exact) mass is 1110 g/mol. The van der Waals surface area contributed by atoms with Gasteiger partial charge in [-0.15, -0.1) is 29.3 Å². The first-order valence-corrected chi connectivity index (χ1v) is 24.2. The molecule has 71 heavy (non-hydrogen) atoms. The maximum atomic E-state index is 12.1. The molecule has 3 aromatic heterocycles. The SMILES string of the molecule is CC(C)(C)c1cc(-c2cc(-c3ccc(C(C)(C)c4ccccc4)cc3)ccn2)[c-]c(-c2cccc3c2nc(-c2c(O)ccc4c2oc2ccccc24)n3-c2ccc(C(C)(C)C)cc2-c2ccccc2)c1.[Pt]. The van der Waals surface area contributed by atoms with Crippen molar-refractivity contribution < 1.29 is 30.6 Å². The van der Waals surface area contributed by atoms with Gasteiger partial charge in [0.2, 0.25) is 0 Å². The molecule has 3 heterocycles. The molecule has 0 spiro atoms. The second-order valence-electron chi connectivity index (χ2n) is 21.2. The summed E-state index contributed by atoms with van der Waals surface area (Å²) in [5.74, 6) is 0.659. The molecule has 0 unspecified atom stereocenters. The summed E-state index contributed by atoms with van der Waals surface area (Å²) in [7, 11) is 0. The van der Waals surface area contributed by atoms with E-state index in [0.29, 0.717) is 17.0 Å². The number of para-hydroxylation sites is 2. The Kier molecular flexibility index (Phi) is 12.1. The Balaban J connectivity index is 0.00000582. The summed E-state index contributed by atoms with van der Waals surface area (Å²) in [5.41, 5.74) is 16.8. The third kappa shape index (κ3) is 8.61. The topological polar surface area (TPSA) is 64.1 Å². The van der Waals surface area contributed by atoms with Gasteiger partial charge in [0.15, 0.2) is 5.82 Å². The molecule has 354 valence electrons. The number of benzene rings is 8. The maximum Gasteiger partial charge on any atom is 0.152 e. The van der Waals surface area contributed by atoms with Gasteiger partial charge in [0.05, 0.1) is 16.7 Å². The molecule has 8 aromatic carbocycles. The molecule has 0 aliphatic heterocycles. The molecule has 11 rings (SSSR count). The molecule has 11 aromatic rings. The Hall–Kier alpha value is -7.33. The Bertz CT molecular complexity index is 3760. The van der Waals surface area contributed by atoms with E-state index in [4.69, 9.17) is 14.4 Å². The fourth-order valence-electron chi connectivity index (χ4n) is 9.91. The van der Waals surface area contributed by atoms with Gasteiger partial charge in [0.1, 0.15) is 22.5 Å². The molecular formula is C65H56N3O2Pt-. The van der Waals surface area contributed by atoms with Crippen molar-refractivity contribution in [3.8, 4) is 67.5 Å². The Morgan fingerprint density at radius 3 is 1.92 bits per heavy atom. The van der Waals surface area contributed by atoms with Gasteiger partial charge in [-0.2, -0.15) is 0 Å². The van der Waals surface area contributed by atoms with E-state index in [2.05, 4.69) is 218 Å². The van der Waals surface area contributed by atoms with Crippen LogP contribution in [-0.4, -0.2) is 19.6 Å². The van der Waals surface area contributed by atoms with Crippen LogP contribution in [0.4, 0.5) is 0 Å². The van der Waals surface area contributed by atoms with Gasteiger partial charge >= 0.3 is 0 Å². The average molecular weight is 1110 g/mol. The minimum Gasteiger partial charge on any atom is -0.507 e. The molecule has 0 fully saturated rings. The number of furan rings is 1. The van der Waals surface area contributed by atoms with Crippen molar-refractivity contribution >= 4 is 33.0 Å². The van der Waals surface area contributed by atoms with Crippen LogP contribution in [0.2, 0.25) is 0 Å². The Morgan fingerprint density at radius 1 is 0.521 bits per heavy atom. The summed E-state index contributed by atoms with van der Waals surface area (Å²) in [6.07, 6.45) is 1.90. The molecule has 0 aliphatic rings. The first-order valence-electron chi connectivity index (χ1n) is 24.2. The largest absolute Gasteiger partial charge is 0.507 e. The summed E-state index contributed by atoms with van der Waals surface area (Å²) in [4.78, 5) is 10.6. The second-order valence-corrected chi connectivity index (χ2v) is 21.2. The molecule has 6 heteroatoms. The van der Waals surface area contributed by atoms with Crippen LogP contribution in [0.5, 0.6) is 5.75 Å². The number of aromatic hydroxyl groups is 1. The van der Waals surface area contributed by atoms with E-state index in [1.165, 1.54) is 16.7 Å². The number of rotatable bonds is 8. The fourth-order valence-corrected chi connectivity index (χ4v) is 9.91. The van der Waals surface area contributed by atoms with Crippen molar-refractivity contribution in [2.24, 2.45) is 0 Å². The minimum absolute atomic E-state index is 0. The number of fused-ring (bicyclic) bond motifs is 4. The van der Waals surface area contributed by atoms with Crippen LogP contribution in [0.1, 0.15) is 77.6 Å². The van der Waals surface area contributed by atoms with Crippen molar-refractivity contribution in [1.82, 2.24) is 14.5 Å². The third-order valence-corrected chi connectivity index (χ3v) is 14.1. The predicted molar refractivity (Wildman–Crippen MR) is 290 cm³/mol. The van der Waals surface area contributed by atoms with E-state index < -0.39 is 0 Å². The van der Waals surface area contributed by atoms with Crippen LogP contribution in [0, 0.1) is 6.07 Å². The molecule has 0 atom stereocenters. The van der Waals surface area contributed by atoms with Crippen LogP contribution < -0.4 is 0 Å². The Labute approximate surface area is 431 Å². The molecule has 5 nitrogen and oxygen atoms in total. The number of hydrogen-bond donors (Lipinski definition) is 1. The van der Waals surface area contributed by atoms with E-state index in [1.807, 2.05) is 30.5 Å². The van der Waals surface area contributed by atoms with Gasteiger partial charge in [0.25, 0.3) is 0 Å². The summed E-state index contributed by atoms with van der Waals surface area (Å²) in [5, 5.41) is 14.0. The number of hydrogen-bond acceptors (Lipinski definition) is 4. The minimum atomic E-state index is -0.196.